The molecule has 1 rings (SSSR count). The lowest BCUT2D eigenvalue weighted by atomic mass is 10.4. The third-order valence-electron chi connectivity index (χ3n) is 0.931. The van der Waals surface area contributed by atoms with Gasteiger partial charge in [-0.1, -0.05) is 15.9 Å². The minimum atomic E-state index is -1.95. The van der Waals surface area contributed by atoms with Crippen molar-refractivity contribution < 1.29 is 4.11 Å². The Kier molecular flexibility index (Phi) is 1.47. The van der Waals surface area contributed by atoms with Crippen LogP contribution in [-0.2, 0) is 0 Å². The maximum absolute atomic E-state index is 7.01. The Labute approximate surface area is 72.0 Å². The van der Waals surface area contributed by atoms with E-state index in [1.807, 2.05) is 12.1 Å². The molecule has 0 unspecified atom stereocenters. The van der Waals surface area contributed by atoms with Gasteiger partial charge < -0.3 is 0 Å². The fraction of sp³-hybridized carbons (Fsp3) is 0.143. The molecule has 0 aliphatic carbocycles. The van der Waals surface area contributed by atoms with Crippen LogP contribution in [-0.4, -0.2) is 6.18 Å². The standard InChI is InChI=1S/C7H7BrS/c1-9-7-4-2-6(8)3-5-7/h2-5H,1H3/i1D3. The largest absolute Gasteiger partial charge is 0.130 e. The normalized spacial score (nSPS) is 15.9. The van der Waals surface area contributed by atoms with Gasteiger partial charge in [-0.15, -0.1) is 11.8 Å². The van der Waals surface area contributed by atoms with Gasteiger partial charge in [-0.3, -0.25) is 0 Å². The van der Waals surface area contributed by atoms with Gasteiger partial charge in [0, 0.05) is 13.5 Å². The summed E-state index contributed by atoms with van der Waals surface area (Å²) in [4.78, 5) is 0.762. The first-order chi connectivity index (χ1) is 5.47. The SMILES string of the molecule is [2H]C([2H])([2H])Sc1ccc(Br)cc1. The molecule has 0 radical (unpaired) electrons. The molecule has 1 aromatic rings. The van der Waals surface area contributed by atoms with E-state index in [0.29, 0.717) is 0 Å². The number of rotatable bonds is 1. The molecule has 0 saturated heterocycles. The van der Waals surface area contributed by atoms with Crippen molar-refractivity contribution >= 4 is 27.7 Å². The van der Waals surface area contributed by atoms with Gasteiger partial charge in [-0.25, -0.2) is 0 Å². The number of hydrogen-bond donors (Lipinski definition) is 0. The predicted octanol–water partition coefficient (Wildman–Crippen LogP) is 3.17. The van der Waals surface area contributed by atoms with E-state index in [4.69, 9.17) is 4.11 Å². The number of hydrogen-bond acceptors (Lipinski definition) is 1. The summed E-state index contributed by atoms with van der Waals surface area (Å²) in [5, 5.41) is 0. The minimum absolute atomic E-state index is 0.762. The lowest BCUT2D eigenvalue weighted by molar-refractivity contribution is 1.45. The Hall–Kier alpha value is 0.0500. The van der Waals surface area contributed by atoms with Crippen molar-refractivity contribution in [1.82, 2.24) is 0 Å². The zero-order chi connectivity index (χ0) is 9.19. The summed E-state index contributed by atoms with van der Waals surface area (Å²) < 4.78 is 22.0. The van der Waals surface area contributed by atoms with E-state index in [1.165, 1.54) is 0 Å². The Morgan fingerprint density at radius 1 is 1.44 bits per heavy atom. The predicted molar refractivity (Wildman–Crippen MR) is 45.9 cm³/mol. The van der Waals surface area contributed by atoms with E-state index in [1.54, 1.807) is 12.1 Å². The molecule has 9 heavy (non-hydrogen) atoms. The molecule has 0 aliphatic heterocycles. The molecule has 0 aliphatic rings. The van der Waals surface area contributed by atoms with Gasteiger partial charge in [0.15, 0.2) is 0 Å². The molecular weight excluding hydrogens is 196 g/mol. The van der Waals surface area contributed by atoms with E-state index in [9.17, 15) is 0 Å². The molecule has 0 nitrogen and oxygen atoms in total. The molecule has 0 N–H and O–H groups in total. The van der Waals surface area contributed by atoms with Crippen LogP contribution in [0.4, 0.5) is 0 Å². The lowest BCUT2D eigenvalue weighted by Crippen LogP contribution is -1.66. The molecule has 0 spiro atoms. The summed E-state index contributed by atoms with van der Waals surface area (Å²) in [5.41, 5.74) is 0. The van der Waals surface area contributed by atoms with Crippen LogP contribution in [0.15, 0.2) is 33.6 Å². The number of benzene rings is 1. The van der Waals surface area contributed by atoms with E-state index in [2.05, 4.69) is 15.9 Å². The van der Waals surface area contributed by atoms with Crippen molar-refractivity contribution in [2.24, 2.45) is 0 Å². The van der Waals surface area contributed by atoms with Crippen LogP contribution in [0.2, 0.25) is 0 Å². The number of halogens is 1. The summed E-state index contributed by atoms with van der Waals surface area (Å²) >= 11 is 4.16. The van der Waals surface area contributed by atoms with E-state index in [-0.39, 0.29) is 0 Å². The molecule has 0 saturated carbocycles. The molecule has 0 amide bonds. The van der Waals surface area contributed by atoms with E-state index >= 15 is 0 Å². The van der Waals surface area contributed by atoms with Crippen LogP contribution in [0.1, 0.15) is 4.11 Å². The van der Waals surface area contributed by atoms with E-state index in [0.717, 1.165) is 21.1 Å². The van der Waals surface area contributed by atoms with Crippen molar-refractivity contribution in [2.45, 2.75) is 4.90 Å². The quantitative estimate of drug-likeness (QED) is 0.636. The zero-order valence-corrected chi connectivity index (χ0v) is 7.00. The van der Waals surface area contributed by atoms with Gasteiger partial charge >= 0.3 is 0 Å². The average Bonchev–Trinajstić information content (AvgIpc) is 1.91. The molecule has 1 aromatic carbocycles. The highest BCUT2D eigenvalue weighted by Crippen LogP contribution is 2.17. The third kappa shape index (κ3) is 2.03. The summed E-state index contributed by atoms with van der Waals surface area (Å²) in [6, 6.07) is 7.21. The minimum Gasteiger partial charge on any atom is -0.130 e. The van der Waals surface area contributed by atoms with Gasteiger partial charge in [0.1, 0.15) is 0 Å². The highest BCUT2D eigenvalue weighted by atomic mass is 79.9. The first-order valence-corrected chi connectivity index (χ1v) is 4.03. The van der Waals surface area contributed by atoms with Crippen LogP contribution in [0.5, 0.6) is 0 Å². The average molecular weight is 206 g/mol. The van der Waals surface area contributed by atoms with Gasteiger partial charge in [-0.05, 0) is 30.4 Å². The highest BCUT2D eigenvalue weighted by Gasteiger charge is 1.86. The van der Waals surface area contributed by atoms with Crippen molar-refractivity contribution in [3.63, 3.8) is 0 Å². The fourth-order valence-electron chi connectivity index (χ4n) is 0.503. The Morgan fingerprint density at radius 3 is 2.67 bits per heavy atom. The Bertz CT molecular complexity index is 254. The summed E-state index contributed by atoms with van der Waals surface area (Å²) in [6.07, 6.45) is -1.95. The van der Waals surface area contributed by atoms with Gasteiger partial charge in [-0.2, -0.15) is 0 Å². The summed E-state index contributed by atoms with van der Waals surface area (Å²) in [5.74, 6) is 0. The van der Waals surface area contributed by atoms with Gasteiger partial charge in [0.2, 0.25) is 0 Å². The smallest absolute Gasteiger partial charge is 0.0348 e. The first kappa shape index (κ1) is 4.04. The van der Waals surface area contributed by atoms with Crippen LogP contribution in [0.25, 0.3) is 0 Å². The van der Waals surface area contributed by atoms with Crippen LogP contribution in [0.3, 0.4) is 0 Å². The Balaban J connectivity index is 2.71. The molecule has 48 valence electrons. The lowest BCUT2D eigenvalue weighted by Gasteiger charge is -1.92. The molecular formula is C7H7BrS. The van der Waals surface area contributed by atoms with Crippen molar-refractivity contribution in [2.75, 3.05) is 6.18 Å². The number of thioether (sulfide) groups is 1. The zero-order valence-electron chi connectivity index (χ0n) is 7.60. The first-order valence-electron chi connectivity index (χ1n) is 3.92. The maximum atomic E-state index is 7.01. The second kappa shape index (κ2) is 3.28. The Morgan fingerprint density at radius 2 is 2.11 bits per heavy atom. The highest BCUT2D eigenvalue weighted by molar-refractivity contribution is 9.10. The second-order valence-electron chi connectivity index (χ2n) is 1.56. The summed E-state index contributed by atoms with van der Waals surface area (Å²) in [6.45, 7) is 0. The van der Waals surface area contributed by atoms with Gasteiger partial charge in [0.05, 0.1) is 0 Å². The van der Waals surface area contributed by atoms with Crippen LogP contribution >= 0.6 is 27.7 Å². The second-order valence-corrected chi connectivity index (χ2v) is 3.15. The van der Waals surface area contributed by atoms with Crippen molar-refractivity contribution in [1.29, 1.82) is 0 Å². The maximum Gasteiger partial charge on any atom is 0.0348 e. The van der Waals surface area contributed by atoms with Crippen LogP contribution in [0, 0.1) is 0 Å². The molecule has 2 heteroatoms. The molecule has 0 atom stereocenters. The fourth-order valence-corrected chi connectivity index (χ4v) is 1.04. The van der Waals surface area contributed by atoms with Crippen LogP contribution < -0.4 is 0 Å². The molecule has 0 fully saturated rings. The molecule has 0 bridgehead atoms. The van der Waals surface area contributed by atoms with Crippen molar-refractivity contribution in [3.05, 3.63) is 28.7 Å². The van der Waals surface area contributed by atoms with E-state index < -0.39 is 6.18 Å². The summed E-state index contributed by atoms with van der Waals surface area (Å²) in [7, 11) is 0. The molecule has 0 aromatic heterocycles. The third-order valence-corrected chi connectivity index (χ3v) is 1.97. The monoisotopic (exact) mass is 205 g/mol. The van der Waals surface area contributed by atoms with Gasteiger partial charge in [0.25, 0.3) is 0 Å². The van der Waals surface area contributed by atoms with Crippen molar-refractivity contribution in [3.8, 4) is 0 Å². The molecule has 0 heterocycles. The topological polar surface area (TPSA) is 0 Å².